The Kier molecular flexibility index (Phi) is 9.16. The third-order valence-electron chi connectivity index (χ3n) is 3.61. The topological polar surface area (TPSA) is 142 Å². The van der Waals surface area contributed by atoms with Crippen molar-refractivity contribution in [1.29, 1.82) is 0 Å². The van der Waals surface area contributed by atoms with Crippen LogP contribution < -0.4 is 4.74 Å². The van der Waals surface area contributed by atoms with Gasteiger partial charge in [-0.1, -0.05) is 0 Å². The Morgan fingerprint density at radius 2 is 1.38 bits per heavy atom. The summed E-state index contributed by atoms with van der Waals surface area (Å²) in [5.74, 6) is -1.72. The van der Waals surface area contributed by atoms with Gasteiger partial charge in [0.25, 0.3) is 11.4 Å². The van der Waals surface area contributed by atoms with E-state index in [-0.39, 0.29) is 12.4 Å². The Labute approximate surface area is 185 Å². The van der Waals surface area contributed by atoms with Gasteiger partial charge in [0.15, 0.2) is 6.61 Å². The number of benzene rings is 2. The molecule has 0 aliphatic carbocycles. The second-order valence-electron chi connectivity index (χ2n) is 5.98. The number of esters is 1. The highest BCUT2D eigenvalue weighted by Gasteiger charge is 2.39. The van der Waals surface area contributed by atoms with Gasteiger partial charge in [-0.05, 0) is 31.2 Å². The van der Waals surface area contributed by atoms with Gasteiger partial charge in [-0.2, -0.15) is 26.3 Å². The molecule has 0 amide bonds. The average Bonchev–Trinajstić information content (AvgIpc) is 2.71. The van der Waals surface area contributed by atoms with Crippen LogP contribution in [0.25, 0.3) is 0 Å². The van der Waals surface area contributed by atoms with E-state index < -0.39 is 63.0 Å². The van der Waals surface area contributed by atoms with Crippen molar-refractivity contribution < 1.29 is 55.6 Å². The SMILES string of the molecule is CCOC(=O)COc1ccc([N+](=O)[O-])c(C(F)(F)F)c1.O=[N+]([O-])c1ccc(O)cc1C(F)(F)F. The van der Waals surface area contributed by atoms with E-state index in [0.717, 1.165) is 12.1 Å². The molecule has 0 aliphatic rings. The number of carbonyl (C=O) groups is 1. The Morgan fingerprint density at radius 1 is 0.912 bits per heavy atom. The van der Waals surface area contributed by atoms with Crippen LogP contribution in [0, 0.1) is 20.2 Å². The first-order valence-corrected chi connectivity index (χ1v) is 8.76. The molecule has 0 unspecified atom stereocenters. The lowest BCUT2D eigenvalue weighted by Crippen LogP contribution is -2.15. The summed E-state index contributed by atoms with van der Waals surface area (Å²) in [7, 11) is 0. The fourth-order valence-electron chi connectivity index (χ4n) is 2.25. The largest absolute Gasteiger partial charge is 0.508 e. The van der Waals surface area contributed by atoms with Crippen molar-refractivity contribution in [3.63, 3.8) is 0 Å². The number of hydrogen-bond donors (Lipinski definition) is 1. The summed E-state index contributed by atoms with van der Waals surface area (Å²) in [4.78, 5) is 29.4. The molecule has 2 aromatic carbocycles. The summed E-state index contributed by atoms with van der Waals surface area (Å²) in [6.45, 7) is 1.09. The lowest BCUT2D eigenvalue weighted by Gasteiger charge is -2.10. The van der Waals surface area contributed by atoms with Crippen molar-refractivity contribution in [2.45, 2.75) is 19.3 Å². The molecule has 16 heteroatoms. The second kappa shape index (κ2) is 11.2. The molecule has 0 saturated heterocycles. The van der Waals surface area contributed by atoms with E-state index in [4.69, 9.17) is 9.84 Å². The van der Waals surface area contributed by atoms with Crippen molar-refractivity contribution in [2.24, 2.45) is 0 Å². The van der Waals surface area contributed by atoms with E-state index in [2.05, 4.69) is 4.74 Å². The van der Waals surface area contributed by atoms with Gasteiger partial charge in [0.2, 0.25) is 0 Å². The molecular formula is C18H14F6N2O8. The number of carbonyl (C=O) groups excluding carboxylic acids is 1. The average molecular weight is 500 g/mol. The molecule has 1 N–H and O–H groups in total. The number of phenolic OH excluding ortho intramolecular Hbond substituents is 1. The van der Waals surface area contributed by atoms with Crippen LogP contribution in [-0.4, -0.2) is 34.1 Å². The van der Waals surface area contributed by atoms with Gasteiger partial charge < -0.3 is 14.6 Å². The highest BCUT2D eigenvalue weighted by Crippen LogP contribution is 2.38. The van der Waals surface area contributed by atoms with Gasteiger partial charge in [0.1, 0.15) is 22.6 Å². The highest BCUT2D eigenvalue weighted by atomic mass is 19.4. The van der Waals surface area contributed by atoms with Gasteiger partial charge in [0, 0.05) is 12.1 Å². The summed E-state index contributed by atoms with van der Waals surface area (Å²) < 4.78 is 83.8. The maximum Gasteiger partial charge on any atom is 0.423 e. The minimum Gasteiger partial charge on any atom is -0.508 e. The molecule has 0 fully saturated rings. The molecule has 34 heavy (non-hydrogen) atoms. The third-order valence-corrected chi connectivity index (χ3v) is 3.61. The molecule has 0 spiro atoms. The van der Waals surface area contributed by atoms with Gasteiger partial charge in [0.05, 0.1) is 16.5 Å². The molecule has 0 radical (unpaired) electrons. The summed E-state index contributed by atoms with van der Waals surface area (Å²) in [6, 6.07) is 3.87. The number of nitrogens with zero attached hydrogens (tertiary/aromatic N) is 2. The van der Waals surface area contributed by atoms with Crippen LogP contribution in [0.5, 0.6) is 11.5 Å². The molecule has 0 bridgehead atoms. The maximum atomic E-state index is 12.7. The lowest BCUT2D eigenvalue weighted by atomic mass is 10.1. The van der Waals surface area contributed by atoms with Crippen molar-refractivity contribution in [2.75, 3.05) is 13.2 Å². The quantitative estimate of drug-likeness (QED) is 0.256. The Hall–Kier alpha value is -4.11. The van der Waals surface area contributed by atoms with E-state index in [9.17, 15) is 51.4 Å². The van der Waals surface area contributed by atoms with Crippen LogP contribution in [0.15, 0.2) is 36.4 Å². The lowest BCUT2D eigenvalue weighted by molar-refractivity contribution is -0.388. The van der Waals surface area contributed by atoms with Crippen LogP contribution >= 0.6 is 0 Å². The van der Waals surface area contributed by atoms with Crippen molar-refractivity contribution >= 4 is 17.3 Å². The van der Waals surface area contributed by atoms with E-state index in [0.29, 0.717) is 24.3 Å². The Bertz CT molecular complexity index is 1060. The first-order valence-electron chi connectivity index (χ1n) is 8.76. The van der Waals surface area contributed by atoms with Crippen molar-refractivity contribution in [3.05, 3.63) is 67.8 Å². The third kappa shape index (κ3) is 8.10. The van der Waals surface area contributed by atoms with Crippen LogP contribution in [0.2, 0.25) is 0 Å². The van der Waals surface area contributed by atoms with E-state index in [1.165, 1.54) is 0 Å². The molecule has 10 nitrogen and oxygen atoms in total. The van der Waals surface area contributed by atoms with Crippen LogP contribution in [0.3, 0.4) is 0 Å². The fourth-order valence-corrected chi connectivity index (χ4v) is 2.25. The molecule has 2 rings (SSSR count). The number of halogens is 6. The van der Waals surface area contributed by atoms with Crippen molar-refractivity contribution in [1.82, 2.24) is 0 Å². The minimum absolute atomic E-state index is 0.107. The van der Waals surface area contributed by atoms with Gasteiger partial charge >= 0.3 is 18.3 Å². The summed E-state index contributed by atoms with van der Waals surface area (Å²) in [6.07, 6.45) is -9.74. The number of nitro benzene ring substituents is 2. The number of aromatic hydroxyl groups is 1. The molecule has 0 atom stereocenters. The molecule has 0 aromatic heterocycles. The minimum atomic E-state index is -4.90. The number of phenols is 1. The monoisotopic (exact) mass is 500 g/mol. The molecule has 0 heterocycles. The molecule has 186 valence electrons. The first-order chi connectivity index (χ1) is 15.6. The fraction of sp³-hybridized carbons (Fsp3) is 0.278. The first kappa shape index (κ1) is 27.9. The van der Waals surface area contributed by atoms with Crippen LogP contribution in [0.4, 0.5) is 37.7 Å². The van der Waals surface area contributed by atoms with Crippen LogP contribution in [-0.2, 0) is 21.9 Å². The zero-order chi connectivity index (χ0) is 26.3. The summed E-state index contributed by atoms with van der Waals surface area (Å²) in [5.41, 5.74) is -5.05. The Balaban J connectivity index is 0.000000362. The van der Waals surface area contributed by atoms with Crippen molar-refractivity contribution in [3.8, 4) is 11.5 Å². The smallest absolute Gasteiger partial charge is 0.423 e. The van der Waals surface area contributed by atoms with E-state index >= 15 is 0 Å². The van der Waals surface area contributed by atoms with Gasteiger partial charge in [-0.3, -0.25) is 20.2 Å². The molecular weight excluding hydrogens is 486 g/mol. The number of alkyl halides is 6. The zero-order valence-electron chi connectivity index (χ0n) is 16.8. The van der Waals surface area contributed by atoms with E-state index in [1.807, 2.05) is 0 Å². The number of ether oxygens (including phenoxy) is 2. The zero-order valence-corrected chi connectivity index (χ0v) is 16.8. The number of nitro groups is 2. The second-order valence-corrected chi connectivity index (χ2v) is 5.98. The summed E-state index contributed by atoms with van der Waals surface area (Å²) >= 11 is 0. The predicted molar refractivity (Wildman–Crippen MR) is 100.0 cm³/mol. The van der Waals surface area contributed by atoms with E-state index in [1.54, 1.807) is 6.92 Å². The molecule has 0 aliphatic heterocycles. The maximum absolute atomic E-state index is 12.7. The standard InChI is InChI=1S/C11H10F3NO5.C7H4F3NO3/c1-2-19-10(16)6-20-7-3-4-9(15(17)18)8(5-7)11(12,13)14;8-7(9,10)5-3-4(12)1-2-6(5)11(13)14/h3-5H,2,6H2,1H3;1-3,12H. The van der Waals surface area contributed by atoms with Crippen LogP contribution in [0.1, 0.15) is 18.1 Å². The normalized spacial score (nSPS) is 11.1. The predicted octanol–water partition coefficient (Wildman–Crippen LogP) is 4.87. The van der Waals surface area contributed by atoms with Gasteiger partial charge in [-0.25, -0.2) is 4.79 Å². The summed E-state index contributed by atoms with van der Waals surface area (Å²) in [5, 5.41) is 29.5. The Morgan fingerprint density at radius 3 is 1.82 bits per heavy atom. The number of hydrogen-bond acceptors (Lipinski definition) is 8. The van der Waals surface area contributed by atoms with Gasteiger partial charge in [-0.15, -0.1) is 0 Å². The molecule has 0 saturated carbocycles. The number of rotatable bonds is 6. The molecule has 2 aromatic rings. The highest BCUT2D eigenvalue weighted by molar-refractivity contribution is 5.71.